The van der Waals surface area contributed by atoms with Crippen LogP contribution in [0, 0.1) is 6.92 Å². The van der Waals surface area contributed by atoms with Gasteiger partial charge in [0, 0.05) is 10.8 Å². The maximum Gasteiger partial charge on any atom is 0.0959 e. The lowest BCUT2D eigenvalue weighted by atomic mass is 10.2. The van der Waals surface area contributed by atoms with E-state index in [1.54, 1.807) is 11.3 Å². The van der Waals surface area contributed by atoms with Crippen LogP contribution < -0.4 is 0 Å². The van der Waals surface area contributed by atoms with Crippen LogP contribution in [0.3, 0.4) is 0 Å². The molecule has 0 amide bonds. The maximum atomic E-state index is 4.43. The van der Waals surface area contributed by atoms with E-state index >= 15 is 0 Å². The van der Waals surface area contributed by atoms with Gasteiger partial charge in [0.05, 0.1) is 10.7 Å². The van der Waals surface area contributed by atoms with Crippen molar-refractivity contribution in [2.45, 2.75) is 26.7 Å². The zero-order chi connectivity index (χ0) is 8.43. The summed E-state index contributed by atoms with van der Waals surface area (Å²) in [6.07, 6.45) is 1.87. The van der Waals surface area contributed by atoms with Crippen molar-refractivity contribution in [1.29, 1.82) is 0 Å². The highest BCUT2D eigenvalue weighted by molar-refractivity contribution is 7.12. The number of aryl methyl sites for hydroxylation is 1. The summed E-state index contributed by atoms with van der Waals surface area (Å²) in [6.45, 7) is 10.1. The molecule has 0 aliphatic heterocycles. The van der Waals surface area contributed by atoms with Gasteiger partial charge in [0.15, 0.2) is 0 Å². The lowest BCUT2D eigenvalue weighted by molar-refractivity contribution is 0.847. The molecule has 1 aromatic heterocycles. The van der Waals surface area contributed by atoms with Crippen molar-refractivity contribution in [2.24, 2.45) is 0 Å². The summed E-state index contributed by atoms with van der Waals surface area (Å²) < 4.78 is 0. The average molecular weight is 167 g/mol. The highest BCUT2D eigenvalue weighted by Gasteiger charge is 2.06. The molecule has 0 saturated heterocycles. The van der Waals surface area contributed by atoms with Gasteiger partial charge in [-0.2, -0.15) is 0 Å². The smallest absolute Gasteiger partial charge is 0.0959 e. The number of thiazole rings is 1. The maximum absolute atomic E-state index is 4.43. The van der Waals surface area contributed by atoms with Gasteiger partial charge in [0.25, 0.3) is 0 Å². The van der Waals surface area contributed by atoms with Crippen molar-refractivity contribution in [3.8, 4) is 0 Å². The summed E-state index contributed by atoms with van der Waals surface area (Å²) in [7, 11) is 0. The van der Waals surface area contributed by atoms with Crippen LogP contribution in [0.15, 0.2) is 6.58 Å². The summed E-state index contributed by atoms with van der Waals surface area (Å²) >= 11 is 1.74. The van der Waals surface area contributed by atoms with Crippen molar-refractivity contribution >= 4 is 17.4 Å². The average Bonchev–Trinajstić information content (AvgIpc) is 2.31. The summed E-state index contributed by atoms with van der Waals surface area (Å²) in [4.78, 5) is 5.63. The van der Waals surface area contributed by atoms with Crippen molar-refractivity contribution in [2.75, 3.05) is 0 Å². The molecule has 1 rings (SSSR count). The van der Waals surface area contributed by atoms with E-state index in [0.29, 0.717) is 5.92 Å². The quantitative estimate of drug-likeness (QED) is 0.659. The highest BCUT2D eigenvalue weighted by atomic mass is 32.1. The second-order valence-electron chi connectivity index (χ2n) is 2.86. The number of hydrogen-bond donors (Lipinski definition) is 0. The van der Waals surface area contributed by atoms with Gasteiger partial charge in [-0.05, 0) is 6.92 Å². The van der Waals surface area contributed by atoms with Crippen molar-refractivity contribution in [3.05, 3.63) is 22.2 Å². The van der Waals surface area contributed by atoms with Gasteiger partial charge in [-0.3, -0.25) is 0 Å². The van der Waals surface area contributed by atoms with Gasteiger partial charge in [-0.25, -0.2) is 4.98 Å². The van der Waals surface area contributed by atoms with Crippen LogP contribution in [0.5, 0.6) is 0 Å². The predicted molar refractivity (Wildman–Crippen MR) is 51.0 cm³/mol. The molecular weight excluding hydrogens is 154 g/mol. The minimum Gasteiger partial charge on any atom is -0.246 e. The van der Waals surface area contributed by atoms with E-state index in [-0.39, 0.29) is 0 Å². The Bertz CT molecular complexity index is 261. The first kappa shape index (κ1) is 8.47. The summed E-state index contributed by atoms with van der Waals surface area (Å²) in [5.74, 6) is 0.535. The molecule has 0 bridgehead atoms. The summed E-state index contributed by atoms with van der Waals surface area (Å²) in [5, 5.41) is 1.21. The third kappa shape index (κ3) is 1.69. The summed E-state index contributed by atoms with van der Waals surface area (Å²) in [6, 6.07) is 0. The second-order valence-corrected chi connectivity index (χ2v) is 3.92. The molecular formula is C9H13NS. The van der Waals surface area contributed by atoms with E-state index in [4.69, 9.17) is 0 Å². The third-order valence-corrected chi connectivity index (χ3v) is 2.98. The van der Waals surface area contributed by atoms with Gasteiger partial charge in [0.2, 0.25) is 0 Å². The van der Waals surface area contributed by atoms with E-state index in [1.165, 1.54) is 9.88 Å². The van der Waals surface area contributed by atoms with Crippen molar-refractivity contribution < 1.29 is 0 Å². The molecule has 0 radical (unpaired) electrons. The Labute approximate surface area is 71.8 Å². The number of hydrogen-bond acceptors (Lipinski definition) is 2. The minimum atomic E-state index is 0.535. The topological polar surface area (TPSA) is 12.9 Å². The first-order valence-corrected chi connectivity index (χ1v) is 4.56. The molecule has 1 aromatic rings. The zero-order valence-corrected chi connectivity index (χ0v) is 8.03. The fourth-order valence-electron chi connectivity index (χ4n) is 0.866. The molecule has 0 aromatic carbocycles. The Kier molecular flexibility index (Phi) is 2.45. The fraction of sp³-hybridized carbons (Fsp3) is 0.444. The molecule has 0 spiro atoms. The van der Waals surface area contributed by atoms with E-state index in [1.807, 2.05) is 13.0 Å². The van der Waals surface area contributed by atoms with Gasteiger partial charge >= 0.3 is 0 Å². The molecule has 0 N–H and O–H groups in total. The van der Waals surface area contributed by atoms with Crippen molar-refractivity contribution in [1.82, 2.24) is 4.98 Å². The van der Waals surface area contributed by atoms with Gasteiger partial charge < -0.3 is 0 Å². The highest BCUT2D eigenvalue weighted by Crippen LogP contribution is 2.24. The molecule has 11 heavy (non-hydrogen) atoms. The largest absolute Gasteiger partial charge is 0.246 e. The molecule has 60 valence electrons. The molecule has 0 fully saturated rings. The van der Waals surface area contributed by atoms with E-state index in [0.717, 1.165) is 5.69 Å². The molecule has 1 heterocycles. The monoisotopic (exact) mass is 167 g/mol. The van der Waals surface area contributed by atoms with Crippen LogP contribution in [0.1, 0.15) is 35.3 Å². The number of aromatic nitrogens is 1. The van der Waals surface area contributed by atoms with Gasteiger partial charge in [-0.15, -0.1) is 11.3 Å². The van der Waals surface area contributed by atoms with Crippen LogP contribution in [-0.2, 0) is 0 Å². The molecule has 0 saturated carbocycles. The Balaban J connectivity index is 3.04. The van der Waals surface area contributed by atoms with Crippen LogP contribution >= 0.6 is 11.3 Å². The zero-order valence-electron chi connectivity index (χ0n) is 7.22. The van der Waals surface area contributed by atoms with Crippen molar-refractivity contribution in [3.63, 3.8) is 0 Å². The van der Waals surface area contributed by atoms with Gasteiger partial charge in [-0.1, -0.05) is 26.5 Å². The standard InChI is InChI=1S/C9H13NS/c1-5-8-7(4)10-9(11-8)6(2)3/h5-6H,1H2,2-4H3. The molecule has 0 unspecified atom stereocenters. The number of rotatable bonds is 2. The normalized spacial score (nSPS) is 10.5. The van der Waals surface area contributed by atoms with E-state index in [9.17, 15) is 0 Å². The van der Waals surface area contributed by atoms with E-state index < -0.39 is 0 Å². The molecule has 1 nitrogen and oxygen atoms in total. The lowest BCUT2D eigenvalue weighted by Crippen LogP contribution is -1.84. The van der Waals surface area contributed by atoms with Crippen LogP contribution in [0.4, 0.5) is 0 Å². The Morgan fingerprint density at radius 2 is 2.18 bits per heavy atom. The molecule has 0 aliphatic rings. The Hall–Kier alpha value is -0.630. The van der Waals surface area contributed by atoms with Crippen LogP contribution in [0.2, 0.25) is 0 Å². The second kappa shape index (κ2) is 3.18. The fourth-order valence-corrected chi connectivity index (χ4v) is 1.79. The first-order chi connectivity index (χ1) is 5.15. The predicted octanol–water partition coefficient (Wildman–Crippen LogP) is 3.22. The van der Waals surface area contributed by atoms with E-state index in [2.05, 4.69) is 25.4 Å². The summed E-state index contributed by atoms with van der Waals surface area (Å²) in [5.41, 5.74) is 1.11. The Morgan fingerprint density at radius 3 is 2.45 bits per heavy atom. The van der Waals surface area contributed by atoms with Crippen LogP contribution in [-0.4, -0.2) is 4.98 Å². The van der Waals surface area contributed by atoms with Gasteiger partial charge in [0.1, 0.15) is 0 Å². The number of nitrogens with zero attached hydrogens (tertiary/aromatic N) is 1. The SMILES string of the molecule is C=Cc1sc(C(C)C)nc1C. The third-order valence-electron chi connectivity index (χ3n) is 1.53. The Morgan fingerprint density at radius 1 is 1.55 bits per heavy atom. The molecule has 0 aliphatic carbocycles. The molecule has 2 heteroatoms. The van der Waals surface area contributed by atoms with Crippen LogP contribution in [0.25, 0.3) is 6.08 Å². The first-order valence-electron chi connectivity index (χ1n) is 3.75. The lowest BCUT2D eigenvalue weighted by Gasteiger charge is -1.94. The molecule has 0 atom stereocenters. The minimum absolute atomic E-state index is 0.535.